The second-order valence-electron chi connectivity index (χ2n) is 6.74. The summed E-state index contributed by atoms with van der Waals surface area (Å²) in [5.74, 6) is 0.230. The molecule has 1 aliphatic rings. The number of fused-ring (bicyclic) bond motifs is 2. The Morgan fingerprint density at radius 3 is 3.08 bits per heavy atom. The van der Waals surface area contributed by atoms with Crippen LogP contribution in [-0.4, -0.2) is 28.9 Å². The van der Waals surface area contributed by atoms with Crippen LogP contribution in [0.15, 0.2) is 42.6 Å². The van der Waals surface area contributed by atoms with Gasteiger partial charge in [0.25, 0.3) is 0 Å². The summed E-state index contributed by atoms with van der Waals surface area (Å²) in [6, 6.07) is 11.0. The first-order chi connectivity index (χ1) is 12.6. The molecule has 0 fully saturated rings. The summed E-state index contributed by atoms with van der Waals surface area (Å²) in [5.41, 5.74) is 3.87. The summed E-state index contributed by atoms with van der Waals surface area (Å²) in [4.78, 5) is 17.7. The highest BCUT2D eigenvalue weighted by Crippen LogP contribution is 2.26. The molecule has 0 saturated heterocycles. The molecule has 26 heavy (non-hydrogen) atoms. The number of carbonyl (C=O) groups is 1. The number of H-pyrrole nitrogens is 1. The van der Waals surface area contributed by atoms with Gasteiger partial charge in [0, 0.05) is 29.1 Å². The maximum Gasteiger partial charge on any atom is 0.223 e. The molecule has 0 aliphatic carbocycles. The predicted octanol–water partition coefficient (Wildman–Crippen LogP) is 3.97. The van der Waals surface area contributed by atoms with Gasteiger partial charge in [0.1, 0.15) is 18.2 Å². The van der Waals surface area contributed by atoms with Crippen LogP contribution in [0.3, 0.4) is 0 Å². The minimum atomic E-state index is -0.325. The Bertz CT molecular complexity index is 964. The Hall–Kier alpha value is -2.82. The summed E-state index contributed by atoms with van der Waals surface area (Å²) < 4.78 is 19.7. The van der Waals surface area contributed by atoms with Crippen molar-refractivity contribution in [3.05, 3.63) is 65.1 Å². The summed E-state index contributed by atoms with van der Waals surface area (Å²) >= 11 is 0. The largest absolute Gasteiger partial charge is 0.491 e. The van der Waals surface area contributed by atoms with Crippen molar-refractivity contribution in [2.45, 2.75) is 26.3 Å². The van der Waals surface area contributed by atoms with Crippen LogP contribution in [-0.2, 0) is 17.8 Å². The Balaban J connectivity index is 1.48. The molecule has 0 radical (unpaired) electrons. The van der Waals surface area contributed by atoms with E-state index in [1.165, 1.54) is 11.6 Å². The molecule has 134 valence electrons. The lowest BCUT2D eigenvalue weighted by atomic mass is 10.1. The summed E-state index contributed by atoms with van der Waals surface area (Å²) in [7, 11) is 0. The van der Waals surface area contributed by atoms with E-state index < -0.39 is 0 Å². The fourth-order valence-electron chi connectivity index (χ4n) is 3.47. The number of rotatable bonds is 3. The number of benzene rings is 2. The number of nitrogens with zero attached hydrogens (tertiary/aromatic N) is 1. The van der Waals surface area contributed by atoms with Gasteiger partial charge in [0.15, 0.2) is 0 Å². The van der Waals surface area contributed by atoms with Gasteiger partial charge in [-0.3, -0.25) is 4.79 Å². The van der Waals surface area contributed by atoms with E-state index in [0.29, 0.717) is 37.3 Å². The van der Waals surface area contributed by atoms with Crippen LogP contribution >= 0.6 is 0 Å². The Morgan fingerprint density at radius 1 is 1.31 bits per heavy atom. The highest BCUT2D eigenvalue weighted by molar-refractivity contribution is 5.85. The van der Waals surface area contributed by atoms with E-state index in [0.717, 1.165) is 16.5 Å². The lowest BCUT2D eigenvalue weighted by molar-refractivity contribution is -0.131. The number of halogens is 1. The van der Waals surface area contributed by atoms with Crippen LogP contribution in [0.25, 0.3) is 10.9 Å². The highest BCUT2D eigenvalue weighted by atomic mass is 19.1. The molecule has 0 atom stereocenters. The van der Waals surface area contributed by atoms with Crippen molar-refractivity contribution in [2.75, 3.05) is 13.2 Å². The van der Waals surface area contributed by atoms with E-state index in [2.05, 4.69) is 30.1 Å². The molecule has 4 rings (SSSR count). The van der Waals surface area contributed by atoms with E-state index in [1.807, 2.05) is 6.20 Å². The number of hydrogen-bond acceptors (Lipinski definition) is 2. The Kier molecular flexibility index (Phi) is 4.37. The van der Waals surface area contributed by atoms with Crippen molar-refractivity contribution < 1.29 is 13.9 Å². The molecular formula is C21H21FN2O2. The molecule has 2 heterocycles. The Morgan fingerprint density at radius 2 is 2.19 bits per heavy atom. The van der Waals surface area contributed by atoms with Gasteiger partial charge in [0.2, 0.25) is 5.91 Å². The van der Waals surface area contributed by atoms with Gasteiger partial charge >= 0.3 is 0 Å². The number of hydrogen-bond donors (Lipinski definition) is 1. The number of aryl methyl sites for hydroxylation is 2. The van der Waals surface area contributed by atoms with Crippen LogP contribution in [0.1, 0.15) is 23.1 Å². The summed E-state index contributed by atoms with van der Waals surface area (Å²) in [6.07, 6.45) is 3.02. The van der Waals surface area contributed by atoms with Crippen molar-refractivity contribution in [2.24, 2.45) is 0 Å². The molecule has 1 amide bonds. The van der Waals surface area contributed by atoms with Gasteiger partial charge < -0.3 is 14.6 Å². The summed E-state index contributed by atoms with van der Waals surface area (Å²) in [5, 5.41) is 1.16. The quantitative estimate of drug-likeness (QED) is 0.775. The van der Waals surface area contributed by atoms with Crippen molar-refractivity contribution in [1.29, 1.82) is 0 Å². The molecule has 1 aromatic heterocycles. The van der Waals surface area contributed by atoms with E-state index in [9.17, 15) is 9.18 Å². The third-order valence-corrected chi connectivity index (χ3v) is 4.93. The Labute approximate surface area is 151 Å². The van der Waals surface area contributed by atoms with Gasteiger partial charge in [-0.1, -0.05) is 17.7 Å². The standard InChI is InChI=1S/C21H21FN2O2/c1-14-5-7-19-16(11-14)15(12-23-19)6-8-21(25)24-9-10-26-20-4-2-3-18(22)17(20)13-24/h2-5,7,11-12,23H,6,8-10,13H2,1H3. The molecule has 0 bridgehead atoms. The third kappa shape index (κ3) is 3.17. The number of carbonyl (C=O) groups excluding carboxylic acids is 1. The van der Waals surface area contributed by atoms with Crippen molar-refractivity contribution in [3.63, 3.8) is 0 Å². The van der Waals surface area contributed by atoms with Crippen molar-refractivity contribution in [3.8, 4) is 5.75 Å². The fourth-order valence-corrected chi connectivity index (χ4v) is 3.47. The molecule has 4 nitrogen and oxygen atoms in total. The second kappa shape index (κ2) is 6.83. The zero-order chi connectivity index (χ0) is 18.1. The van der Waals surface area contributed by atoms with Gasteiger partial charge in [-0.15, -0.1) is 0 Å². The first-order valence-electron chi connectivity index (χ1n) is 8.86. The average Bonchev–Trinajstić information content (AvgIpc) is 2.88. The van der Waals surface area contributed by atoms with E-state index in [4.69, 9.17) is 4.74 Å². The lowest BCUT2D eigenvalue weighted by Gasteiger charge is -2.20. The van der Waals surface area contributed by atoms with Gasteiger partial charge in [-0.25, -0.2) is 4.39 Å². The van der Waals surface area contributed by atoms with Crippen LogP contribution in [0, 0.1) is 12.7 Å². The smallest absolute Gasteiger partial charge is 0.223 e. The SMILES string of the molecule is Cc1ccc2[nH]cc(CCC(=O)N3CCOc4cccc(F)c4C3)c2c1. The van der Waals surface area contributed by atoms with Gasteiger partial charge in [-0.2, -0.15) is 0 Å². The normalized spacial score (nSPS) is 14.0. The monoisotopic (exact) mass is 352 g/mol. The molecule has 0 unspecified atom stereocenters. The molecular weight excluding hydrogens is 331 g/mol. The fraction of sp³-hybridized carbons (Fsp3) is 0.286. The van der Waals surface area contributed by atoms with Crippen LogP contribution in [0.4, 0.5) is 4.39 Å². The number of aromatic nitrogens is 1. The minimum Gasteiger partial charge on any atom is -0.491 e. The molecule has 3 aromatic rings. The lowest BCUT2D eigenvalue weighted by Crippen LogP contribution is -2.32. The molecule has 1 aliphatic heterocycles. The van der Waals surface area contributed by atoms with E-state index in [1.54, 1.807) is 17.0 Å². The third-order valence-electron chi connectivity index (χ3n) is 4.93. The van der Waals surface area contributed by atoms with Crippen LogP contribution in [0.2, 0.25) is 0 Å². The predicted molar refractivity (Wildman–Crippen MR) is 98.7 cm³/mol. The highest BCUT2D eigenvalue weighted by Gasteiger charge is 2.22. The summed E-state index contributed by atoms with van der Waals surface area (Å²) in [6.45, 7) is 3.17. The number of ether oxygens (including phenoxy) is 1. The maximum atomic E-state index is 14.1. The number of amides is 1. The van der Waals surface area contributed by atoms with Crippen LogP contribution < -0.4 is 4.74 Å². The molecule has 5 heteroatoms. The van der Waals surface area contributed by atoms with Gasteiger partial charge in [0.05, 0.1) is 13.1 Å². The van der Waals surface area contributed by atoms with Gasteiger partial charge in [-0.05, 0) is 43.2 Å². The molecule has 0 saturated carbocycles. The van der Waals surface area contributed by atoms with Crippen molar-refractivity contribution in [1.82, 2.24) is 9.88 Å². The first kappa shape index (κ1) is 16.6. The molecule has 0 spiro atoms. The molecule has 1 N–H and O–H groups in total. The van der Waals surface area contributed by atoms with E-state index >= 15 is 0 Å². The zero-order valence-corrected chi connectivity index (χ0v) is 14.7. The average molecular weight is 352 g/mol. The van der Waals surface area contributed by atoms with E-state index in [-0.39, 0.29) is 18.3 Å². The van der Waals surface area contributed by atoms with Crippen LogP contribution in [0.5, 0.6) is 5.75 Å². The minimum absolute atomic E-state index is 0.0201. The first-order valence-corrected chi connectivity index (χ1v) is 8.86. The second-order valence-corrected chi connectivity index (χ2v) is 6.74. The number of aromatic amines is 1. The number of nitrogens with one attached hydrogen (secondary N) is 1. The maximum absolute atomic E-state index is 14.1. The zero-order valence-electron chi connectivity index (χ0n) is 14.7. The topological polar surface area (TPSA) is 45.3 Å². The molecule has 2 aromatic carbocycles. The van der Waals surface area contributed by atoms with Crippen molar-refractivity contribution >= 4 is 16.8 Å².